The number of carbonyl (C=O) groups is 4. The molecule has 0 saturated carbocycles. The van der Waals surface area contributed by atoms with Crippen molar-refractivity contribution in [1.29, 1.82) is 0 Å². The third kappa shape index (κ3) is 13.3. The molecule has 31 heavy (non-hydrogen) atoms. The summed E-state index contributed by atoms with van der Waals surface area (Å²) in [5.41, 5.74) is -0.00871. The predicted octanol–water partition coefficient (Wildman–Crippen LogP) is 1.07. The molecule has 11 nitrogen and oxygen atoms in total. The minimum Gasteiger partial charge on any atom is -0.480 e. The summed E-state index contributed by atoms with van der Waals surface area (Å²) in [7, 11) is 0. The third-order valence-corrected chi connectivity index (χ3v) is 4.72. The van der Waals surface area contributed by atoms with Gasteiger partial charge in [0.05, 0.1) is 5.70 Å². The lowest BCUT2D eigenvalue weighted by Crippen LogP contribution is -2.49. The van der Waals surface area contributed by atoms with Crippen LogP contribution in [0.25, 0.3) is 0 Å². The number of hydrogen-bond donors (Lipinski definition) is 8. The minimum atomic E-state index is -1.28. The van der Waals surface area contributed by atoms with E-state index in [-0.39, 0.29) is 30.7 Å². The normalized spacial score (nSPS) is 12.3. The van der Waals surface area contributed by atoms with E-state index >= 15 is 0 Å². The summed E-state index contributed by atoms with van der Waals surface area (Å²) >= 11 is 3.95. The van der Waals surface area contributed by atoms with E-state index in [2.05, 4.69) is 35.5 Å². The zero-order valence-electron chi connectivity index (χ0n) is 17.6. The van der Waals surface area contributed by atoms with Gasteiger partial charge >= 0.3 is 11.9 Å². The van der Waals surface area contributed by atoms with Crippen LogP contribution in [0.3, 0.4) is 0 Å². The van der Waals surface area contributed by atoms with Crippen LogP contribution in [0, 0.1) is 0 Å². The van der Waals surface area contributed by atoms with Crippen LogP contribution in [0.1, 0.15) is 58.3 Å². The van der Waals surface area contributed by atoms with Crippen LogP contribution in [-0.4, -0.2) is 68.6 Å². The molecule has 0 aromatic heterocycles. The first-order valence-corrected chi connectivity index (χ1v) is 10.8. The Morgan fingerprint density at radius 2 is 1.52 bits per heavy atom. The molecule has 0 aliphatic heterocycles. The van der Waals surface area contributed by atoms with Crippen molar-refractivity contribution in [2.45, 2.75) is 70.4 Å². The number of carboxylic acids is 2. The van der Waals surface area contributed by atoms with Crippen LogP contribution in [0.15, 0.2) is 11.6 Å². The first kappa shape index (κ1) is 28.4. The van der Waals surface area contributed by atoms with E-state index in [1.165, 1.54) is 0 Å². The van der Waals surface area contributed by atoms with Crippen molar-refractivity contribution in [2.75, 3.05) is 12.3 Å². The van der Waals surface area contributed by atoms with E-state index < -0.39 is 48.3 Å². The van der Waals surface area contributed by atoms with Crippen molar-refractivity contribution in [3.05, 3.63) is 11.6 Å². The minimum absolute atomic E-state index is 0.00871. The van der Waals surface area contributed by atoms with Crippen LogP contribution < -0.4 is 16.0 Å². The van der Waals surface area contributed by atoms with Gasteiger partial charge in [0.1, 0.15) is 18.6 Å². The molecule has 2 atom stereocenters. The highest BCUT2D eigenvalue weighted by Crippen LogP contribution is 2.13. The Bertz CT molecular complexity index is 638. The van der Waals surface area contributed by atoms with Gasteiger partial charge in [-0.15, -0.1) is 0 Å². The van der Waals surface area contributed by atoms with Crippen LogP contribution in [0.5, 0.6) is 0 Å². The Hall–Kier alpha value is -2.63. The zero-order valence-corrected chi connectivity index (χ0v) is 18.5. The van der Waals surface area contributed by atoms with E-state index in [9.17, 15) is 34.5 Å². The highest BCUT2D eigenvalue weighted by Gasteiger charge is 2.24. The Kier molecular flexibility index (Phi) is 14.7. The van der Waals surface area contributed by atoms with E-state index in [0.29, 0.717) is 6.42 Å². The molecule has 0 heterocycles. The average Bonchev–Trinajstić information content (AvgIpc) is 2.70. The highest BCUT2D eigenvalue weighted by molar-refractivity contribution is 7.80. The number of nitrogens with one attached hydrogen (secondary N) is 3. The molecule has 0 aliphatic carbocycles. The van der Waals surface area contributed by atoms with Gasteiger partial charge in [-0.25, -0.2) is 4.79 Å². The summed E-state index contributed by atoms with van der Waals surface area (Å²) in [6, 6.07) is -2.33. The average molecular weight is 464 g/mol. The summed E-state index contributed by atoms with van der Waals surface area (Å²) < 4.78 is 0. The van der Waals surface area contributed by atoms with Gasteiger partial charge in [-0.1, -0.05) is 32.6 Å². The summed E-state index contributed by atoms with van der Waals surface area (Å²) in [6.45, 7) is 1.46. The SMILES string of the molecule is CCCCCCCC(N[C@@H](CCC(=O)N[C@@H](CS)C(=O)NCC(=O)O)C(=O)O)=C(O)O. The van der Waals surface area contributed by atoms with Crippen molar-refractivity contribution in [1.82, 2.24) is 16.0 Å². The number of aliphatic hydroxyl groups is 2. The summed E-state index contributed by atoms with van der Waals surface area (Å²) in [6.07, 6.45) is 4.44. The lowest BCUT2D eigenvalue weighted by atomic mass is 10.1. The monoisotopic (exact) mass is 463 g/mol. The summed E-state index contributed by atoms with van der Waals surface area (Å²) in [5, 5.41) is 43.9. The number of carbonyl (C=O) groups excluding carboxylic acids is 2. The van der Waals surface area contributed by atoms with Gasteiger partial charge in [-0.05, 0) is 19.3 Å². The maximum absolute atomic E-state index is 12.1. The number of hydrogen-bond acceptors (Lipinski definition) is 8. The Labute approximate surface area is 186 Å². The largest absolute Gasteiger partial charge is 0.480 e. The number of allylic oxidation sites excluding steroid dienone is 1. The topological polar surface area (TPSA) is 185 Å². The van der Waals surface area contributed by atoms with Crippen molar-refractivity contribution >= 4 is 36.4 Å². The third-order valence-electron chi connectivity index (χ3n) is 4.36. The van der Waals surface area contributed by atoms with E-state index in [1.54, 1.807) is 0 Å². The smallest absolute Gasteiger partial charge is 0.326 e. The number of aliphatic hydroxyl groups excluding tert-OH is 1. The fourth-order valence-corrected chi connectivity index (χ4v) is 2.90. The summed E-state index contributed by atoms with van der Waals surface area (Å²) in [5.74, 6) is -4.94. The molecule has 0 rings (SSSR count). The highest BCUT2D eigenvalue weighted by atomic mass is 32.1. The molecule has 0 aromatic carbocycles. The van der Waals surface area contributed by atoms with Gasteiger partial charge in [0, 0.05) is 12.2 Å². The Morgan fingerprint density at radius 1 is 0.871 bits per heavy atom. The van der Waals surface area contributed by atoms with Gasteiger partial charge in [0.2, 0.25) is 11.8 Å². The van der Waals surface area contributed by atoms with E-state index in [0.717, 1.165) is 25.7 Å². The van der Waals surface area contributed by atoms with Crippen LogP contribution in [-0.2, 0) is 19.2 Å². The van der Waals surface area contributed by atoms with Gasteiger partial charge in [-0.2, -0.15) is 12.6 Å². The van der Waals surface area contributed by atoms with E-state index in [1.807, 2.05) is 0 Å². The fraction of sp³-hybridized carbons (Fsp3) is 0.684. The predicted molar refractivity (Wildman–Crippen MR) is 116 cm³/mol. The molecule has 0 radical (unpaired) electrons. The summed E-state index contributed by atoms with van der Waals surface area (Å²) in [4.78, 5) is 46.0. The number of unbranched alkanes of at least 4 members (excludes halogenated alkanes) is 4. The molecular formula is C19H33N3O8S. The zero-order chi connectivity index (χ0) is 23.8. The molecule has 2 amide bonds. The van der Waals surface area contributed by atoms with Gasteiger partial charge in [-0.3, -0.25) is 14.4 Å². The lowest BCUT2D eigenvalue weighted by Gasteiger charge is -2.19. The molecule has 0 aliphatic rings. The maximum Gasteiger partial charge on any atom is 0.326 e. The quantitative estimate of drug-likeness (QED) is 0.0887. The fourth-order valence-electron chi connectivity index (χ4n) is 2.64. The second-order valence-electron chi connectivity index (χ2n) is 6.95. The Balaban J connectivity index is 4.72. The maximum atomic E-state index is 12.1. The number of amides is 2. The molecule has 7 N–H and O–H groups in total. The molecule has 0 unspecified atom stereocenters. The first-order chi connectivity index (χ1) is 14.6. The van der Waals surface area contributed by atoms with Crippen LogP contribution >= 0.6 is 12.6 Å². The molecule has 0 fully saturated rings. The van der Waals surface area contributed by atoms with Gasteiger partial charge in [0.25, 0.3) is 5.95 Å². The van der Waals surface area contributed by atoms with Crippen molar-refractivity contribution in [2.24, 2.45) is 0 Å². The Morgan fingerprint density at radius 3 is 2.03 bits per heavy atom. The second-order valence-corrected chi connectivity index (χ2v) is 7.32. The van der Waals surface area contributed by atoms with Crippen LogP contribution in [0.2, 0.25) is 0 Å². The van der Waals surface area contributed by atoms with Crippen molar-refractivity contribution in [3.8, 4) is 0 Å². The molecule has 178 valence electrons. The molecule has 12 heteroatoms. The molecule has 0 bridgehead atoms. The molecular weight excluding hydrogens is 430 g/mol. The number of rotatable bonds is 17. The van der Waals surface area contributed by atoms with Gasteiger partial charge in [0.15, 0.2) is 0 Å². The van der Waals surface area contributed by atoms with Crippen molar-refractivity contribution in [3.63, 3.8) is 0 Å². The lowest BCUT2D eigenvalue weighted by molar-refractivity contribution is -0.139. The first-order valence-electron chi connectivity index (χ1n) is 10.1. The molecule has 0 saturated heterocycles. The van der Waals surface area contributed by atoms with Crippen molar-refractivity contribution < 1.29 is 39.6 Å². The number of aliphatic carboxylic acids is 2. The van der Waals surface area contributed by atoms with E-state index in [4.69, 9.17) is 5.11 Å². The number of thiol groups is 1. The number of carboxylic acid groups (broad SMARTS) is 2. The van der Waals surface area contributed by atoms with Crippen LogP contribution in [0.4, 0.5) is 0 Å². The molecule has 0 aromatic rings. The van der Waals surface area contributed by atoms with Gasteiger partial charge < -0.3 is 36.4 Å². The standard InChI is InChI=1S/C19H33N3O8S/c1-2-3-4-5-6-7-12(18(27)28)21-13(19(29)30)8-9-15(23)22-14(11-31)17(26)20-10-16(24)25/h13-14,21,27-28,31H,2-11H2,1H3,(H,20,26)(H,22,23)(H,24,25)(H,29,30)/t13-,14-/m0/s1. The molecule has 0 spiro atoms. The second kappa shape index (κ2) is 16.1.